The highest BCUT2D eigenvalue weighted by molar-refractivity contribution is 5.91. The molecule has 2 aromatic carbocycles. The summed E-state index contributed by atoms with van der Waals surface area (Å²) in [5.74, 6) is 0.664. The number of nitrogens with zero attached hydrogens (tertiary/aromatic N) is 2. The van der Waals surface area contributed by atoms with Gasteiger partial charge < -0.3 is 14.6 Å². The van der Waals surface area contributed by atoms with Crippen molar-refractivity contribution < 1.29 is 9.53 Å². The summed E-state index contributed by atoms with van der Waals surface area (Å²) in [5, 5.41) is 2.85. The van der Waals surface area contributed by atoms with Gasteiger partial charge in [0, 0.05) is 5.69 Å². The second kappa shape index (κ2) is 5.66. The summed E-state index contributed by atoms with van der Waals surface area (Å²) in [5.41, 5.74) is 2.57. The minimum atomic E-state index is -0.0941. The van der Waals surface area contributed by atoms with Gasteiger partial charge in [0.2, 0.25) is 5.91 Å². The molecule has 5 heteroatoms. The van der Waals surface area contributed by atoms with Gasteiger partial charge in [-0.05, 0) is 36.4 Å². The lowest BCUT2D eigenvalue weighted by atomic mass is 10.3. The van der Waals surface area contributed by atoms with E-state index in [0.717, 1.165) is 22.5 Å². The van der Waals surface area contributed by atoms with Crippen molar-refractivity contribution in [2.75, 3.05) is 12.4 Å². The lowest BCUT2D eigenvalue weighted by Crippen LogP contribution is -2.18. The molecule has 1 N–H and O–H groups in total. The largest absolute Gasteiger partial charge is 0.497 e. The number of nitrogens with one attached hydrogen (secondary N) is 1. The number of aromatic nitrogens is 2. The van der Waals surface area contributed by atoms with Crippen LogP contribution in [0.3, 0.4) is 0 Å². The molecule has 0 bridgehead atoms. The molecule has 5 nitrogen and oxygen atoms in total. The fourth-order valence-electron chi connectivity index (χ4n) is 2.17. The average Bonchev–Trinajstić information content (AvgIpc) is 2.91. The Morgan fingerprint density at radius 2 is 1.95 bits per heavy atom. The molecule has 1 aromatic heterocycles. The van der Waals surface area contributed by atoms with Crippen LogP contribution in [0.1, 0.15) is 0 Å². The van der Waals surface area contributed by atoms with E-state index in [1.165, 1.54) is 0 Å². The first-order chi connectivity index (χ1) is 10.3. The van der Waals surface area contributed by atoms with Crippen LogP contribution in [0.5, 0.6) is 5.75 Å². The number of ether oxygens (including phenoxy) is 1. The molecule has 3 rings (SSSR count). The molecule has 0 aliphatic heterocycles. The molecule has 0 spiro atoms. The third-order valence-corrected chi connectivity index (χ3v) is 3.22. The topological polar surface area (TPSA) is 56.1 Å². The summed E-state index contributed by atoms with van der Waals surface area (Å²) in [6.45, 7) is 0.229. The normalized spacial score (nSPS) is 10.5. The monoisotopic (exact) mass is 281 g/mol. The molecule has 0 atom stereocenters. The van der Waals surface area contributed by atoms with Crippen molar-refractivity contribution in [3.63, 3.8) is 0 Å². The number of rotatable bonds is 4. The van der Waals surface area contributed by atoms with Crippen LogP contribution in [-0.4, -0.2) is 22.6 Å². The molecule has 0 unspecified atom stereocenters. The Labute approximate surface area is 122 Å². The minimum absolute atomic E-state index is 0.0941. The summed E-state index contributed by atoms with van der Waals surface area (Å²) >= 11 is 0. The molecule has 21 heavy (non-hydrogen) atoms. The van der Waals surface area contributed by atoms with E-state index < -0.39 is 0 Å². The first-order valence-corrected chi connectivity index (χ1v) is 6.60. The second-order valence-corrected chi connectivity index (χ2v) is 4.64. The smallest absolute Gasteiger partial charge is 0.244 e. The maximum absolute atomic E-state index is 12.1. The Hall–Kier alpha value is -2.82. The van der Waals surface area contributed by atoms with Crippen LogP contribution >= 0.6 is 0 Å². The van der Waals surface area contributed by atoms with E-state index >= 15 is 0 Å². The van der Waals surface area contributed by atoms with Gasteiger partial charge >= 0.3 is 0 Å². The SMILES string of the molecule is COc1ccc(NC(=O)Cn2cnc3ccccc32)cc1. The standard InChI is InChI=1S/C16H15N3O2/c1-21-13-8-6-12(7-9-13)18-16(20)10-19-11-17-14-4-2-3-5-15(14)19/h2-9,11H,10H2,1H3,(H,18,20). The summed E-state index contributed by atoms with van der Waals surface area (Å²) in [4.78, 5) is 16.4. The Kier molecular flexibility index (Phi) is 3.55. The molecule has 106 valence electrons. The molecule has 0 aliphatic carbocycles. The van der Waals surface area contributed by atoms with Crippen molar-refractivity contribution in [3.05, 3.63) is 54.9 Å². The van der Waals surface area contributed by atoms with Crippen molar-refractivity contribution in [1.29, 1.82) is 0 Å². The van der Waals surface area contributed by atoms with Crippen molar-refractivity contribution in [2.45, 2.75) is 6.54 Å². The van der Waals surface area contributed by atoms with Crippen LogP contribution in [0.2, 0.25) is 0 Å². The molecule has 1 amide bonds. The van der Waals surface area contributed by atoms with Crippen LogP contribution in [0, 0.1) is 0 Å². The van der Waals surface area contributed by atoms with E-state index in [2.05, 4.69) is 10.3 Å². The summed E-state index contributed by atoms with van der Waals surface area (Å²) in [6.07, 6.45) is 1.68. The fourth-order valence-corrected chi connectivity index (χ4v) is 2.17. The lowest BCUT2D eigenvalue weighted by Gasteiger charge is -2.07. The Morgan fingerprint density at radius 3 is 2.71 bits per heavy atom. The van der Waals surface area contributed by atoms with Crippen LogP contribution in [0.15, 0.2) is 54.9 Å². The van der Waals surface area contributed by atoms with Gasteiger partial charge in [0.1, 0.15) is 12.3 Å². The third-order valence-electron chi connectivity index (χ3n) is 3.22. The van der Waals surface area contributed by atoms with E-state index in [4.69, 9.17) is 4.74 Å². The number of para-hydroxylation sites is 2. The summed E-state index contributed by atoms with van der Waals surface area (Å²) in [6, 6.07) is 15.0. The molecule has 0 radical (unpaired) electrons. The zero-order valence-electron chi connectivity index (χ0n) is 11.6. The number of hydrogen-bond acceptors (Lipinski definition) is 3. The summed E-state index contributed by atoms with van der Waals surface area (Å²) in [7, 11) is 1.61. The molecule has 0 fully saturated rings. The van der Waals surface area contributed by atoms with E-state index in [1.54, 1.807) is 13.4 Å². The van der Waals surface area contributed by atoms with Crippen LogP contribution in [-0.2, 0) is 11.3 Å². The number of methoxy groups -OCH3 is 1. The van der Waals surface area contributed by atoms with Crippen molar-refractivity contribution in [3.8, 4) is 5.75 Å². The van der Waals surface area contributed by atoms with E-state index in [-0.39, 0.29) is 12.5 Å². The van der Waals surface area contributed by atoms with Gasteiger partial charge in [0.15, 0.2) is 0 Å². The maximum atomic E-state index is 12.1. The van der Waals surface area contributed by atoms with Crippen LogP contribution in [0.25, 0.3) is 11.0 Å². The Bertz CT molecular complexity index is 763. The van der Waals surface area contributed by atoms with Gasteiger partial charge in [-0.25, -0.2) is 4.98 Å². The van der Waals surface area contributed by atoms with Gasteiger partial charge in [-0.3, -0.25) is 4.79 Å². The third kappa shape index (κ3) is 2.86. The van der Waals surface area contributed by atoms with Gasteiger partial charge in [0.25, 0.3) is 0 Å². The zero-order valence-corrected chi connectivity index (χ0v) is 11.6. The molecule has 1 heterocycles. The number of hydrogen-bond donors (Lipinski definition) is 1. The highest BCUT2D eigenvalue weighted by atomic mass is 16.5. The number of imidazole rings is 1. The van der Waals surface area contributed by atoms with Gasteiger partial charge in [-0.2, -0.15) is 0 Å². The molecule has 0 saturated heterocycles. The van der Waals surface area contributed by atoms with Gasteiger partial charge in [0.05, 0.1) is 24.5 Å². The predicted octanol–water partition coefficient (Wildman–Crippen LogP) is 2.68. The van der Waals surface area contributed by atoms with Crippen molar-refractivity contribution >= 4 is 22.6 Å². The molecular weight excluding hydrogens is 266 g/mol. The Morgan fingerprint density at radius 1 is 1.19 bits per heavy atom. The van der Waals surface area contributed by atoms with Crippen LogP contribution in [0.4, 0.5) is 5.69 Å². The highest BCUT2D eigenvalue weighted by Gasteiger charge is 2.07. The highest BCUT2D eigenvalue weighted by Crippen LogP contribution is 2.16. The minimum Gasteiger partial charge on any atom is -0.497 e. The summed E-state index contributed by atoms with van der Waals surface area (Å²) < 4.78 is 6.91. The Balaban J connectivity index is 1.71. The van der Waals surface area contributed by atoms with E-state index in [0.29, 0.717) is 0 Å². The number of benzene rings is 2. The van der Waals surface area contributed by atoms with E-state index in [1.807, 2.05) is 53.1 Å². The van der Waals surface area contributed by atoms with E-state index in [9.17, 15) is 4.79 Å². The lowest BCUT2D eigenvalue weighted by molar-refractivity contribution is -0.116. The number of anilines is 1. The van der Waals surface area contributed by atoms with Crippen molar-refractivity contribution in [2.24, 2.45) is 0 Å². The number of carbonyl (C=O) groups is 1. The second-order valence-electron chi connectivity index (χ2n) is 4.64. The zero-order chi connectivity index (χ0) is 14.7. The van der Waals surface area contributed by atoms with Gasteiger partial charge in [-0.1, -0.05) is 12.1 Å². The molecule has 0 saturated carbocycles. The number of carbonyl (C=O) groups excluding carboxylic acids is 1. The molecular formula is C16H15N3O2. The van der Waals surface area contributed by atoms with Crippen LogP contribution < -0.4 is 10.1 Å². The average molecular weight is 281 g/mol. The first-order valence-electron chi connectivity index (χ1n) is 6.60. The maximum Gasteiger partial charge on any atom is 0.244 e. The predicted molar refractivity (Wildman–Crippen MR) is 81.4 cm³/mol. The van der Waals surface area contributed by atoms with Gasteiger partial charge in [-0.15, -0.1) is 0 Å². The molecule has 0 aliphatic rings. The quantitative estimate of drug-likeness (QED) is 0.800. The molecule has 3 aromatic rings. The first kappa shape index (κ1) is 13.2. The van der Waals surface area contributed by atoms with Crippen molar-refractivity contribution in [1.82, 2.24) is 9.55 Å². The number of amides is 1. The fraction of sp³-hybridized carbons (Fsp3) is 0.125. The number of fused-ring (bicyclic) bond motifs is 1.